The molecule has 0 saturated carbocycles. The van der Waals surface area contributed by atoms with Crippen LogP contribution in [0.15, 0.2) is 29.3 Å². The van der Waals surface area contributed by atoms with E-state index < -0.39 is 0 Å². The fraction of sp³-hybridized carbons (Fsp3) is 0.500. The number of nitrogens with one attached hydrogen (secondary N) is 2. The Morgan fingerprint density at radius 2 is 2.05 bits per heavy atom. The van der Waals surface area contributed by atoms with Gasteiger partial charge in [-0.05, 0) is 56.9 Å². The number of nitrogens with zero attached hydrogens (tertiary/aromatic N) is 3. The third-order valence-electron chi connectivity index (χ3n) is 3.84. The van der Waals surface area contributed by atoms with E-state index in [0.717, 1.165) is 12.2 Å². The number of aliphatic imine (C=N–C) groups is 1. The molecule has 0 amide bonds. The van der Waals surface area contributed by atoms with Crippen molar-refractivity contribution >= 4 is 22.6 Å². The zero-order chi connectivity index (χ0) is 15.8. The number of amidine groups is 1. The largest absolute Gasteiger partial charge is 0.310 e. The Labute approximate surface area is 136 Å². The first-order valence-electron chi connectivity index (χ1n) is 7.50. The topological polar surface area (TPSA) is 63.5 Å². The van der Waals surface area contributed by atoms with Gasteiger partial charge >= 0.3 is 0 Å². The molecular weight excluding hydrogens is 294 g/mol. The summed E-state index contributed by atoms with van der Waals surface area (Å²) in [7, 11) is 2.18. The maximum absolute atomic E-state index is 8.63. The molecule has 0 spiro atoms. The van der Waals surface area contributed by atoms with Gasteiger partial charge in [0.1, 0.15) is 0 Å². The van der Waals surface area contributed by atoms with Gasteiger partial charge in [-0.1, -0.05) is 23.9 Å². The van der Waals surface area contributed by atoms with E-state index in [1.165, 1.54) is 43.3 Å². The molecule has 0 bridgehead atoms. The molecule has 5 nitrogen and oxygen atoms in total. The normalized spacial score (nSPS) is 17.2. The van der Waals surface area contributed by atoms with Crippen LogP contribution in [-0.4, -0.2) is 42.5 Å². The van der Waals surface area contributed by atoms with Crippen LogP contribution in [0.4, 0.5) is 5.69 Å². The van der Waals surface area contributed by atoms with Crippen molar-refractivity contribution in [3.05, 3.63) is 29.8 Å². The van der Waals surface area contributed by atoms with E-state index in [9.17, 15) is 0 Å². The smallest absolute Gasteiger partial charge is 0.183 e. The van der Waals surface area contributed by atoms with E-state index in [1.54, 1.807) is 0 Å². The summed E-state index contributed by atoms with van der Waals surface area (Å²) in [6.45, 7) is 3.24. The van der Waals surface area contributed by atoms with E-state index in [2.05, 4.69) is 39.7 Å². The van der Waals surface area contributed by atoms with Crippen LogP contribution in [0.5, 0.6) is 0 Å². The van der Waals surface area contributed by atoms with Crippen LogP contribution < -0.4 is 10.6 Å². The molecule has 1 aliphatic rings. The van der Waals surface area contributed by atoms with Crippen LogP contribution in [0.1, 0.15) is 18.4 Å². The van der Waals surface area contributed by atoms with Crippen LogP contribution >= 0.6 is 11.8 Å². The average Bonchev–Trinajstić information content (AvgIpc) is 2.55. The van der Waals surface area contributed by atoms with Gasteiger partial charge in [-0.25, -0.2) is 4.99 Å². The van der Waals surface area contributed by atoms with Gasteiger partial charge < -0.3 is 10.2 Å². The number of likely N-dealkylation sites (tertiary alicyclic amines) is 1. The maximum Gasteiger partial charge on any atom is 0.183 e. The van der Waals surface area contributed by atoms with Gasteiger partial charge in [0.15, 0.2) is 11.4 Å². The van der Waals surface area contributed by atoms with Crippen molar-refractivity contribution in [3.63, 3.8) is 0 Å². The Kier molecular flexibility index (Phi) is 6.72. The Morgan fingerprint density at radius 1 is 1.36 bits per heavy atom. The minimum atomic E-state index is 0.611. The van der Waals surface area contributed by atoms with E-state index in [1.807, 2.05) is 24.6 Å². The van der Waals surface area contributed by atoms with Gasteiger partial charge in [-0.3, -0.25) is 5.32 Å². The molecule has 1 saturated heterocycles. The van der Waals surface area contributed by atoms with Crippen LogP contribution in [0, 0.1) is 11.5 Å². The first-order valence-corrected chi connectivity index (χ1v) is 8.72. The highest BCUT2D eigenvalue weighted by molar-refractivity contribution is 8.13. The third-order valence-corrected chi connectivity index (χ3v) is 4.42. The van der Waals surface area contributed by atoms with Crippen molar-refractivity contribution in [2.24, 2.45) is 4.99 Å². The predicted molar refractivity (Wildman–Crippen MR) is 93.2 cm³/mol. The highest BCUT2D eigenvalue weighted by Gasteiger charge is 2.15. The summed E-state index contributed by atoms with van der Waals surface area (Å²) in [4.78, 5) is 6.76. The van der Waals surface area contributed by atoms with Crippen molar-refractivity contribution in [2.45, 2.75) is 25.4 Å². The molecule has 0 atom stereocenters. The standard InChI is InChI=1S/C16H23N5S/c1-21-9-7-14(8-10-21)18-11-13-3-5-15(6-4-13)20-16(22-2)19-12-17/h3-6,14,18H,7-11H2,1-2H3,(H,19,20). The summed E-state index contributed by atoms with van der Waals surface area (Å²) < 4.78 is 0. The van der Waals surface area contributed by atoms with Crippen molar-refractivity contribution < 1.29 is 0 Å². The zero-order valence-corrected chi connectivity index (χ0v) is 14.0. The van der Waals surface area contributed by atoms with Crippen molar-refractivity contribution in [1.82, 2.24) is 15.5 Å². The lowest BCUT2D eigenvalue weighted by atomic mass is 10.1. The number of rotatable bonds is 4. The summed E-state index contributed by atoms with van der Waals surface area (Å²) in [6, 6.07) is 8.77. The van der Waals surface area contributed by atoms with E-state index in [0.29, 0.717) is 11.2 Å². The minimum Gasteiger partial charge on any atom is -0.310 e. The lowest BCUT2D eigenvalue weighted by Gasteiger charge is -2.29. The fourth-order valence-electron chi connectivity index (χ4n) is 2.45. The Morgan fingerprint density at radius 3 is 2.64 bits per heavy atom. The predicted octanol–water partition coefficient (Wildman–Crippen LogP) is 2.29. The molecule has 1 aromatic rings. The molecular formula is C16H23N5S. The van der Waals surface area contributed by atoms with Crippen LogP contribution in [-0.2, 0) is 6.54 Å². The molecule has 118 valence electrons. The second-order valence-electron chi connectivity index (χ2n) is 5.48. The van der Waals surface area contributed by atoms with Gasteiger partial charge in [0, 0.05) is 12.6 Å². The summed E-state index contributed by atoms with van der Waals surface area (Å²) in [5.74, 6) is 0. The number of hydrogen-bond acceptors (Lipinski definition) is 5. The Bertz CT molecular complexity index is 526. The van der Waals surface area contributed by atoms with E-state index in [-0.39, 0.29) is 0 Å². The summed E-state index contributed by atoms with van der Waals surface area (Å²) in [5, 5.41) is 15.4. The highest BCUT2D eigenvalue weighted by atomic mass is 32.2. The minimum absolute atomic E-state index is 0.611. The fourth-order valence-corrected chi connectivity index (χ4v) is 2.80. The van der Waals surface area contributed by atoms with E-state index in [4.69, 9.17) is 5.26 Å². The average molecular weight is 317 g/mol. The number of benzene rings is 1. The van der Waals surface area contributed by atoms with Gasteiger partial charge in [0.2, 0.25) is 0 Å². The van der Waals surface area contributed by atoms with Gasteiger partial charge in [-0.2, -0.15) is 5.26 Å². The molecule has 6 heteroatoms. The number of nitriles is 1. The first kappa shape index (κ1) is 16.8. The van der Waals surface area contributed by atoms with Crippen molar-refractivity contribution in [3.8, 4) is 6.19 Å². The van der Waals surface area contributed by atoms with Crippen molar-refractivity contribution in [2.75, 3.05) is 26.4 Å². The molecule has 1 fully saturated rings. The van der Waals surface area contributed by atoms with E-state index >= 15 is 0 Å². The number of piperidine rings is 1. The number of thioether (sulfide) groups is 1. The highest BCUT2D eigenvalue weighted by Crippen LogP contribution is 2.16. The lowest BCUT2D eigenvalue weighted by Crippen LogP contribution is -2.40. The molecule has 2 rings (SSSR count). The van der Waals surface area contributed by atoms with Crippen LogP contribution in [0.25, 0.3) is 0 Å². The van der Waals surface area contributed by atoms with Gasteiger partial charge in [-0.15, -0.1) is 0 Å². The molecule has 0 unspecified atom stereocenters. The molecule has 2 N–H and O–H groups in total. The van der Waals surface area contributed by atoms with Gasteiger partial charge in [0.05, 0.1) is 5.69 Å². The third kappa shape index (κ3) is 5.34. The SMILES string of the molecule is CSC(=Nc1ccc(CNC2CCN(C)CC2)cc1)NC#N. The molecule has 1 heterocycles. The Balaban J connectivity index is 1.85. The molecule has 0 radical (unpaired) electrons. The number of hydrogen-bond donors (Lipinski definition) is 2. The zero-order valence-electron chi connectivity index (χ0n) is 13.2. The van der Waals surface area contributed by atoms with Gasteiger partial charge in [0.25, 0.3) is 0 Å². The summed E-state index contributed by atoms with van der Waals surface area (Å²) in [5.41, 5.74) is 2.12. The maximum atomic E-state index is 8.63. The monoisotopic (exact) mass is 317 g/mol. The van der Waals surface area contributed by atoms with Crippen LogP contribution in [0.2, 0.25) is 0 Å². The second kappa shape index (κ2) is 8.79. The molecule has 0 aliphatic carbocycles. The summed E-state index contributed by atoms with van der Waals surface area (Å²) in [6.07, 6.45) is 6.22. The molecule has 1 aromatic carbocycles. The Hall–Kier alpha value is -1.55. The molecule has 1 aliphatic heterocycles. The summed E-state index contributed by atoms with van der Waals surface area (Å²) >= 11 is 1.42. The second-order valence-corrected chi connectivity index (χ2v) is 6.28. The quantitative estimate of drug-likeness (QED) is 0.386. The first-order chi connectivity index (χ1) is 10.7. The molecule has 0 aromatic heterocycles. The van der Waals surface area contributed by atoms with Crippen molar-refractivity contribution in [1.29, 1.82) is 5.26 Å². The molecule has 22 heavy (non-hydrogen) atoms. The van der Waals surface area contributed by atoms with Crippen LogP contribution in [0.3, 0.4) is 0 Å². The lowest BCUT2D eigenvalue weighted by molar-refractivity contribution is 0.234.